The lowest BCUT2D eigenvalue weighted by atomic mass is 9.81. The summed E-state index contributed by atoms with van der Waals surface area (Å²) in [5, 5.41) is 9.90. The smallest absolute Gasteiger partial charge is 0.223 e. The van der Waals surface area contributed by atoms with Gasteiger partial charge in [-0.3, -0.25) is 4.79 Å². The number of halogens is 1. The van der Waals surface area contributed by atoms with Gasteiger partial charge in [-0.1, -0.05) is 34.1 Å². The highest BCUT2D eigenvalue weighted by Crippen LogP contribution is 2.45. The molecule has 22 heavy (non-hydrogen) atoms. The van der Waals surface area contributed by atoms with Crippen molar-refractivity contribution in [1.29, 1.82) is 0 Å². The fourth-order valence-electron chi connectivity index (χ4n) is 3.73. The number of amides is 1. The maximum absolute atomic E-state index is 12.2. The fourth-order valence-corrected chi connectivity index (χ4v) is 3.99. The van der Waals surface area contributed by atoms with E-state index in [1.807, 2.05) is 29.2 Å². The van der Waals surface area contributed by atoms with Gasteiger partial charge < -0.3 is 10.0 Å². The lowest BCUT2D eigenvalue weighted by molar-refractivity contribution is -0.129. The lowest BCUT2D eigenvalue weighted by Gasteiger charge is -2.37. The maximum Gasteiger partial charge on any atom is 0.223 e. The molecule has 1 saturated heterocycles. The molecule has 112 valence electrons. The van der Waals surface area contributed by atoms with E-state index in [1.54, 1.807) is 6.07 Å². The molecule has 1 fully saturated rings. The largest absolute Gasteiger partial charge is 0.508 e. The number of carbonyl (C=O) groups is 1. The number of fused-ring (bicyclic) bond motifs is 3. The first-order valence-electron chi connectivity index (χ1n) is 7.51. The van der Waals surface area contributed by atoms with Gasteiger partial charge >= 0.3 is 0 Å². The number of rotatable bonds is 1. The van der Waals surface area contributed by atoms with Crippen LogP contribution in [0.1, 0.15) is 41.5 Å². The van der Waals surface area contributed by atoms with Gasteiger partial charge in [-0.25, -0.2) is 0 Å². The standard InChI is InChI=1S/C18H16BrNO2/c19-12-3-1-11(2-4-12)16-10-20-17(7-8-18(20)22)14-6-5-13(21)9-15(14)16/h1-6,9,16-17,21H,7-8,10H2/t16-,17-/m0/s1. The highest BCUT2D eigenvalue weighted by Gasteiger charge is 2.40. The molecule has 0 saturated carbocycles. The third-order valence-corrected chi connectivity index (χ3v) is 5.31. The van der Waals surface area contributed by atoms with E-state index in [2.05, 4.69) is 28.1 Å². The summed E-state index contributed by atoms with van der Waals surface area (Å²) in [7, 11) is 0. The van der Waals surface area contributed by atoms with E-state index in [-0.39, 0.29) is 17.9 Å². The van der Waals surface area contributed by atoms with Gasteiger partial charge in [0.1, 0.15) is 5.75 Å². The third-order valence-electron chi connectivity index (χ3n) is 4.78. The van der Waals surface area contributed by atoms with Crippen LogP contribution in [0.4, 0.5) is 0 Å². The second kappa shape index (κ2) is 5.13. The fraction of sp³-hybridized carbons (Fsp3) is 0.278. The zero-order valence-corrected chi connectivity index (χ0v) is 13.6. The van der Waals surface area contributed by atoms with Crippen LogP contribution in [0.2, 0.25) is 0 Å². The van der Waals surface area contributed by atoms with Gasteiger partial charge in [0.2, 0.25) is 5.91 Å². The minimum absolute atomic E-state index is 0.119. The highest BCUT2D eigenvalue weighted by atomic mass is 79.9. The Morgan fingerprint density at radius 2 is 1.86 bits per heavy atom. The van der Waals surface area contributed by atoms with Gasteiger partial charge in [-0.2, -0.15) is 0 Å². The Kier molecular flexibility index (Phi) is 3.22. The third kappa shape index (κ3) is 2.13. The maximum atomic E-state index is 12.2. The molecule has 0 bridgehead atoms. The van der Waals surface area contributed by atoms with Gasteiger partial charge in [0.15, 0.2) is 0 Å². The van der Waals surface area contributed by atoms with Crippen LogP contribution in [0.3, 0.4) is 0 Å². The number of phenols is 1. The molecule has 2 atom stereocenters. The predicted molar refractivity (Wildman–Crippen MR) is 87.8 cm³/mol. The molecule has 2 aliphatic rings. The predicted octanol–water partition coefficient (Wildman–Crippen LogP) is 3.96. The van der Waals surface area contributed by atoms with Crippen LogP contribution in [0.5, 0.6) is 5.75 Å². The minimum Gasteiger partial charge on any atom is -0.508 e. The summed E-state index contributed by atoms with van der Waals surface area (Å²) in [5.41, 5.74) is 3.51. The molecule has 2 aromatic carbocycles. The first kappa shape index (κ1) is 13.8. The molecule has 2 aliphatic heterocycles. The van der Waals surface area contributed by atoms with E-state index in [4.69, 9.17) is 0 Å². The van der Waals surface area contributed by atoms with Gasteiger partial charge in [-0.05, 0) is 47.4 Å². The Morgan fingerprint density at radius 1 is 1.09 bits per heavy atom. The van der Waals surface area contributed by atoms with E-state index in [0.717, 1.165) is 16.5 Å². The summed E-state index contributed by atoms with van der Waals surface area (Å²) in [6.45, 7) is 0.696. The van der Waals surface area contributed by atoms with E-state index in [0.29, 0.717) is 18.7 Å². The van der Waals surface area contributed by atoms with Gasteiger partial charge in [0, 0.05) is 23.4 Å². The van der Waals surface area contributed by atoms with E-state index < -0.39 is 0 Å². The van der Waals surface area contributed by atoms with Crippen molar-refractivity contribution >= 4 is 21.8 Å². The van der Waals surface area contributed by atoms with Crippen LogP contribution in [0.15, 0.2) is 46.9 Å². The molecular weight excluding hydrogens is 342 g/mol. The molecule has 0 radical (unpaired) electrons. The van der Waals surface area contributed by atoms with Crippen molar-refractivity contribution in [3.05, 3.63) is 63.6 Å². The molecule has 4 rings (SSSR count). The summed E-state index contributed by atoms with van der Waals surface area (Å²) in [6, 6.07) is 14.0. The number of nitrogens with zero attached hydrogens (tertiary/aromatic N) is 1. The summed E-state index contributed by atoms with van der Waals surface area (Å²) in [5.74, 6) is 0.651. The van der Waals surface area contributed by atoms with E-state index in [9.17, 15) is 9.90 Å². The second-order valence-corrected chi connectivity index (χ2v) is 6.93. The summed E-state index contributed by atoms with van der Waals surface area (Å²) >= 11 is 3.46. The molecule has 1 amide bonds. The molecule has 2 heterocycles. The van der Waals surface area contributed by atoms with Crippen molar-refractivity contribution < 1.29 is 9.90 Å². The molecule has 2 aromatic rings. The van der Waals surface area contributed by atoms with Crippen molar-refractivity contribution in [2.75, 3.05) is 6.54 Å². The molecule has 0 spiro atoms. The summed E-state index contributed by atoms with van der Waals surface area (Å²) in [6.07, 6.45) is 1.50. The average molecular weight is 358 g/mol. The van der Waals surface area contributed by atoms with E-state index >= 15 is 0 Å². The zero-order chi connectivity index (χ0) is 15.3. The number of carbonyl (C=O) groups excluding carboxylic acids is 1. The SMILES string of the molecule is O=C1CC[C@H]2c3ccc(O)cc3[C@H](c3ccc(Br)cc3)CN12. The number of phenolic OH excluding ortho intramolecular Hbond substituents is 1. The molecule has 0 aliphatic carbocycles. The van der Waals surface area contributed by atoms with Crippen molar-refractivity contribution in [3.8, 4) is 5.75 Å². The Labute approximate surface area is 137 Å². The van der Waals surface area contributed by atoms with Gasteiger partial charge in [0.05, 0.1) is 6.04 Å². The van der Waals surface area contributed by atoms with Crippen molar-refractivity contribution in [1.82, 2.24) is 4.90 Å². The van der Waals surface area contributed by atoms with Crippen LogP contribution >= 0.6 is 15.9 Å². The molecule has 1 N–H and O–H groups in total. The average Bonchev–Trinajstić information content (AvgIpc) is 2.88. The molecular formula is C18H16BrNO2. The molecule has 3 nitrogen and oxygen atoms in total. The number of hydrogen-bond acceptors (Lipinski definition) is 2. The molecule has 0 aromatic heterocycles. The Bertz CT molecular complexity index is 741. The van der Waals surface area contributed by atoms with Crippen LogP contribution in [-0.4, -0.2) is 22.5 Å². The van der Waals surface area contributed by atoms with E-state index in [1.165, 1.54) is 11.1 Å². The summed E-state index contributed by atoms with van der Waals surface area (Å²) in [4.78, 5) is 14.2. The van der Waals surface area contributed by atoms with Crippen LogP contribution in [-0.2, 0) is 4.79 Å². The number of benzene rings is 2. The van der Waals surface area contributed by atoms with Gasteiger partial charge in [-0.15, -0.1) is 0 Å². The number of hydrogen-bond donors (Lipinski definition) is 1. The topological polar surface area (TPSA) is 40.5 Å². The first-order valence-corrected chi connectivity index (χ1v) is 8.30. The monoisotopic (exact) mass is 357 g/mol. The lowest BCUT2D eigenvalue weighted by Crippen LogP contribution is -2.37. The minimum atomic E-state index is 0.119. The Morgan fingerprint density at radius 3 is 2.64 bits per heavy atom. The van der Waals surface area contributed by atoms with Crippen LogP contribution in [0.25, 0.3) is 0 Å². The van der Waals surface area contributed by atoms with Gasteiger partial charge in [0.25, 0.3) is 0 Å². The quantitative estimate of drug-likeness (QED) is 0.838. The van der Waals surface area contributed by atoms with Crippen molar-refractivity contribution in [2.45, 2.75) is 24.8 Å². The van der Waals surface area contributed by atoms with Crippen molar-refractivity contribution in [2.24, 2.45) is 0 Å². The molecule has 4 heteroatoms. The normalized spacial score (nSPS) is 23.3. The summed E-state index contributed by atoms with van der Waals surface area (Å²) < 4.78 is 1.04. The van der Waals surface area contributed by atoms with Crippen LogP contribution in [0, 0.1) is 0 Å². The Hall–Kier alpha value is -1.81. The van der Waals surface area contributed by atoms with Crippen LogP contribution < -0.4 is 0 Å². The Balaban J connectivity index is 1.85. The zero-order valence-electron chi connectivity index (χ0n) is 12.0. The van der Waals surface area contributed by atoms with Crippen molar-refractivity contribution in [3.63, 3.8) is 0 Å². The number of aromatic hydroxyl groups is 1. The molecule has 0 unspecified atom stereocenters. The first-order chi connectivity index (χ1) is 10.6. The second-order valence-electron chi connectivity index (χ2n) is 6.02. The highest BCUT2D eigenvalue weighted by molar-refractivity contribution is 9.10.